The number of hydrogen-bond acceptors (Lipinski definition) is 4. The van der Waals surface area contributed by atoms with Crippen molar-refractivity contribution in [2.24, 2.45) is 0 Å². The standard InChI is InChI=1S/C21H19ClN2O3S2/c1-14-6-7-18(17(22)12-14)23-21(25)20-19(9-11-28-20)29(26,27)24-10-8-15-4-2-3-5-16(15)13-24/h2-7,9,11-12H,8,10,13H2,1H3,(H,23,25). The molecule has 0 radical (unpaired) electrons. The summed E-state index contributed by atoms with van der Waals surface area (Å²) in [6.07, 6.45) is 0.653. The van der Waals surface area contributed by atoms with Crippen LogP contribution in [0.25, 0.3) is 0 Å². The van der Waals surface area contributed by atoms with Crippen LogP contribution >= 0.6 is 22.9 Å². The van der Waals surface area contributed by atoms with Gasteiger partial charge in [0, 0.05) is 13.1 Å². The van der Waals surface area contributed by atoms with Crippen LogP contribution in [0.15, 0.2) is 58.8 Å². The van der Waals surface area contributed by atoms with Gasteiger partial charge in [-0.15, -0.1) is 11.3 Å². The monoisotopic (exact) mass is 446 g/mol. The lowest BCUT2D eigenvalue weighted by molar-refractivity contribution is 0.102. The van der Waals surface area contributed by atoms with E-state index >= 15 is 0 Å². The minimum atomic E-state index is -3.80. The minimum absolute atomic E-state index is 0.0302. The summed E-state index contributed by atoms with van der Waals surface area (Å²) in [4.78, 5) is 13.0. The third-order valence-corrected chi connectivity index (χ3v) is 8.16. The summed E-state index contributed by atoms with van der Waals surface area (Å²) in [6, 6.07) is 14.6. The Bertz CT molecular complexity index is 1190. The van der Waals surface area contributed by atoms with Gasteiger partial charge in [0.1, 0.15) is 9.77 Å². The van der Waals surface area contributed by atoms with Crippen molar-refractivity contribution in [3.8, 4) is 0 Å². The number of amides is 1. The number of aryl methyl sites for hydroxylation is 1. The van der Waals surface area contributed by atoms with Crippen molar-refractivity contribution in [3.63, 3.8) is 0 Å². The van der Waals surface area contributed by atoms with Gasteiger partial charge in [0.15, 0.2) is 0 Å². The predicted molar refractivity (Wildman–Crippen MR) is 116 cm³/mol. The van der Waals surface area contributed by atoms with E-state index in [9.17, 15) is 13.2 Å². The van der Waals surface area contributed by atoms with Gasteiger partial charge in [-0.1, -0.05) is 41.9 Å². The van der Waals surface area contributed by atoms with Gasteiger partial charge in [0.25, 0.3) is 5.91 Å². The van der Waals surface area contributed by atoms with Crippen molar-refractivity contribution in [2.45, 2.75) is 24.8 Å². The van der Waals surface area contributed by atoms with Gasteiger partial charge in [-0.25, -0.2) is 8.42 Å². The van der Waals surface area contributed by atoms with Crippen molar-refractivity contribution < 1.29 is 13.2 Å². The van der Waals surface area contributed by atoms with Crippen LogP contribution in [0.3, 0.4) is 0 Å². The summed E-state index contributed by atoms with van der Waals surface area (Å²) in [6.45, 7) is 2.59. The summed E-state index contributed by atoms with van der Waals surface area (Å²) in [5.41, 5.74) is 3.58. The molecule has 0 saturated carbocycles. The van der Waals surface area contributed by atoms with Crippen molar-refractivity contribution in [2.75, 3.05) is 11.9 Å². The number of thiophene rings is 1. The number of nitrogens with one attached hydrogen (secondary N) is 1. The Kier molecular flexibility index (Phi) is 5.48. The Morgan fingerprint density at radius 1 is 1.14 bits per heavy atom. The van der Waals surface area contributed by atoms with E-state index in [1.54, 1.807) is 17.5 Å². The Labute approximate surface area is 179 Å². The first kappa shape index (κ1) is 20.1. The van der Waals surface area contributed by atoms with Crippen molar-refractivity contribution in [3.05, 3.63) is 80.5 Å². The van der Waals surface area contributed by atoms with Crippen LogP contribution in [0.5, 0.6) is 0 Å². The van der Waals surface area contributed by atoms with Crippen molar-refractivity contribution in [1.29, 1.82) is 0 Å². The molecule has 0 spiro atoms. The molecule has 3 aromatic rings. The second-order valence-electron chi connectivity index (χ2n) is 6.91. The van der Waals surface area contributed by atoms with Gasteiger partial charge in [0.05, 0.1) is 10.7 Å². The van der Waals surface area contributed by atoms with Crippen molar-refractivity contribution >= 4 is 44.6 Å². The van der Waals surface area contributed by atoms with E-state index in [-0.39, 0.29) is 9.77 Å². The molecular formula is C21H19ClN2O3S2. The first-order chi connectivity index (χ1) is 13.9. The molecule has 1 aromatic heterocycles. The van der Waals surface area contributed by atoms with Crippen LogP contribution in [0.4, 0.5) is 5.69 Å². The fourth-order valence-corrected chi connectivity index (χ4v) is 6.38. The fourth-order valence-electron chi connectivity index (χ4n) is 3.38. The van der Waals surface area contributed by atoms with Crippen LogP contribution < -0.4 is 5.32 Å². The van der Waals surface area contributed by atoms with E-state index in [0.717, 1.165) is 28.0 Å². The zero-order valence-electron chi connectivity index (χ0n) is 15.7. The number of fused-ring (bicyclic) bond motifs is 1. The smallest absolute Gasteiger partial charge is 0.267 e. The Morgan fingerprint density at radius 3 is 2.66 bits per heavy atom. The molecule has 1 aliphatic heterocycles. The number of halogens is 1. The molecule has 1 aliphatic rings. The lowest BCUT2D eigenvalue weighted by Gasteiger charge is -2.28. The van der Waals surface area contributed by atoms with E-state index in [0.29, 0.717) is 30.2 Å². The number of nitrogens with zero attached hydrogens (tertiary/aromatic N) is 1. The topological polar surface area (TPSA) is 66.5 Å². The maximum absolute atomic E-state index is 13.3. The maximum Gasteiger partial charge on any atom is 0.267 e. The fraction of sp³-hybridized carbons (Fsp3) is 0.190. The molecule has 0 bridgehead atoms. The number of carbonyl (C=O) groups excluding carboxylic acids is 1. The first-order valence-corrected chi connectivity index (χ1v) is 11.8. The Hall–Kier alpha value is -2.19. The summed E-state index contributed by atoms with van der Waals surface area (Å²) in [5.74, 6) is -0.485. The van der Waals surface area contributed by atoms with Gasteiger partial charge < -0.3 is 5.32 Å². The SMILES string of the molecule is Cc1ccc(NC(=O)c2sccc2S(=O)(=O)N2CCc3ccccc3C2)c(Cl)c1. The number of hydrogen-bond donors (Lipinski definition) is 1. The van der Waals surface area contributed by atoms with Gasteiger partial charge in [0.2, 0.25) is 10.0 Å². The molecule has 0 fully saturated rings. The maximum atomic E-state index is 13.3. The molecule has 2 aromatic carbocycles. The van der Waals surface area contributed by atoms with Crippen molar-refractivity contribution in [1.82, 2.24) is 4.31 Å². The average molecular weight is 447 g/mol. The van der Waals surface area contributed by atoms with E-state index in [2.05, 4.69) is 5.32 Å². The summed E-state index contributed by atoms with van der Waals surface area (Å²) >= 11 is 7.30. The summed E-state index contributed by atoms with van der Waals surface area (Å²) in [7, 11) is -3.80. The molecule has 1 N–H and O–H groups in total. The third kappa shape index (κ3) is 3.96. The highest BCUT2D eigenvalue weighted by atomic mass is 35.5. The van der Waals surface area contributed by atoms with Crippen LogP contribution in [-0.2, 0) is 23.0 Å². The lowest BCUT2D eigenvalue weighted by Crippen LogP contribution is -2.36. The molecule has 8 heteroatoms. The predicted octanol–water partition coefficient (Wildman–Crippen LogP) is 4.71. The zero-order valence-corrected chi connectivity index (χ0v) is 18.1. The minimum Gasteiger partial charge on any atom is -0.320 e. The van der Waals surface area contributed by atoms with Crippen LogP contribution in [0, 0.1) is 6.92 Å². The Balaban J connectivity index is 1.60. The van der Waals surface area contributed by atoms with Gasteiger partial charge in [-0.2, -0.15) is 4.31 Å². The number of benzene rings is 2. The quantitative estimate of drug-likeness (QED) is 0.631. The highest BCUT2D eigenvalue weighted by Gasteiger charge is 2.32. The molecule has 0 atom stereocenters. The number of rotatable bonds is 4. The van der Waals surface area contributed by atoms with Gasteiger partial charge >= 0.3 is 0 Å². The molecule has 0 aliphatic carbocycles. The van der Waals surface area contributed by atoms with Crippen LogP contribution in [-0.4, -0.2) is 25.2 Å². The van der Waals surface area contributed by atoms with E-state index in [1.807, 2.05) is 37.3 Å². The zero-order chi connectivity index (χ0) is 20.6. The summed E-state index contributed by atoms with van der Waals surface area (Å²) in [5, 5.41) is 4.76. The molecule has 0 saturated heterocycles. The highest BCUT2D eigenvalue weighted by Crippen LogP contribution is 2.31. The largest absolute Gasteiger partial charge is 0.320 e. The van der Waals surface area contributed by atoms with E-state index in [1.165, 1.54) is 10.4 Å². The average Bonchev–Trinajstić information content (AvgIpc) is 3.20. The molecule has 0 unspecified atom stereocenters. The van der Waals surface area contributed by atoms with E-state index < -0.39 is 15.9 Å². The molecule has 150 valence electrons. The molecule has 1 amide bonds. The van der Waals surface area contributed by atoms with E-state index in [4.69, 9.17) is 11.6 Å². The highest BCUT2D eigenvalue weighted by molar-refractivity contribution is 7.89. The second-order valence-corrected chi connectivity index (χ2v) is 10.1. The third-order valence-electron chi connectivity index (χ3n) is 4.92. The molecular weight excluding hydrogens is 428 g/mol. The lowest BCUT2D eigenvalue weighted by atomic mass is 10.0. The summed E-state index contributed by atoms with van der Waals surface area (Å²) < 4.78 is 28.0. The van der Waals surface area contributed by atoms with Gasteiger partial charge in [-0.05, 0) is 53.6 Å². The normalized spacial score (nSPS) is 14.4. The Morgan fingerprint density at radius 2 is 1.90 bits per heavy atom. The molecule has 29 heavy (non-hydrogen) atoms. The molecule has 2 heterocycles. The number of sulfonamides is 1. The number of carbonyl (C=O) groups is 1. The number of anilines is 1. The molecule has 4 rings (SSSR count). The second kappa shape index (κ2) is 7.91. The van der Waals surface area contributed by atoms with Crippen LogP contribution in [0.2, 0.25) is 5.02 Å². The van der Waals surface area contributed by atoms with Crippen LogP contribution in [0.1, 0.15) is 26.4 Å². The first-order valence-electron chi connectivity index (χ1n) is 9.08. The van der Waals surface area contributed by atoms with Gasteiger partial charge in [-0.3, -0.25) is 4.79 Å². The molecule has 5 nitrogen and oxygen atoms in total.